The topological polar surface area (TPSA) is 92.7 Å². The summed E-state index contributed by atoms with van der Waals surface area (Å²) < 4.78 is 4.71. The first kappa shape index (κ1) is 15.5. The Morgan fingerprint density at radius 3 is 2.43 bits per heavy atom. The van der Waals surface area contributed by atoms with Gasteiger partial charge in [0.05, 0.1) is 30.2 Å². The van der Waals surface area contributed by atoms with Crippen molar-refractivity contribution in [1.29, 1.82) is 0 Å². The molecule has 0 aliphatic heterocycles. The van der Waals surface area contributed by atoms with Gasteiger partial charge >= 0.3 is 11.9 Å². The molecule has 0 heterocycles. The second-order valence-corrected chi connectivity index (χ2v) is 6.25. The van der Waals surface area contributed by atoms with E-state index in [4.69, 9.17) is 4.74 Å². The van der Waals surface area contributed by atoms with E-state index in [2.05, 4.69) is 5.32 Å². The number of benzene rings is 1. The van der Waals surface area contributed by atoms with Gasteiger partial charge in [0.25, 0.3) is 0 Å². The van der Waals surface area contributed by atoms with Crippen LogP contribution in [-0.4, -0.2) is 30.1 Å². The fourth-order valence-electron chi connectivity index (χ4n) is 4.12. The van der Waals surface area contributed by atoms with E-state index in [9.17, 15) is 19.5 Å². The largest absolute Gasteiger partial charge is 0.481 e. The number of aliphatic carboxylic acids is 1. The average molecular weight is 317 g/mol. The van der Waals surface area contributed by atoms with E-state index in [1.165, 1.54) is 7.11 Å². The first-order valence-corrected chi connectivity index (χ1v) is 7.74. The van der Waals surface area contributed by atoms with E-state index in [0.717, 1.165) is 19.3 Å². The summed E-state index contributed by atoms with van der Waals surface area (Å²) in [4.78, 5) is 36.0. The lowest BCUT2D eigenvalue weighted by molar-refractivity contribution is -0.148. The number of carboxylic acids is 1. The zero-order valence-corrected chi connectivity index (χ0v) is 12.8. The maximum Gasteiger partial charge on any atom is 0.339 e. The highest BCUT2D eigenvalue weighted by Gasteiger charge is 2.54. The summed E-state index contributed by atoms with van der Waals surface area (Å²) in [6.07, 6.45) is 2.57. The van der Waals surface area contributed by atoms with Crippen LogP contribution < -0.4 is 5.32 Å². The third kappa shape index (κ3) is 2.69. The first-order chi connectivity index (χ1) is 11.0. The zero-order chi connectivity index (χ0) is 16.6. The van der Waals surface area contributed by atoms with Crippen LogP contribution in [-0.2, 0) is 14.3 Å². The van der Waals surface area contributed by atoms with Crippen molar-refractivity contribution in [3.05, 3.63) is 29.8 Å². The monoisotopic (exact) mass is 317 g/mol. The minimum Gasteiger partial charge on any atom is -0.481 e. The third-order valence-corrected chi connectivity index (χ3v) is 5.09. The number of esters is 1. The van der Waals surface area contributed by atoms with Crippen molar-refractivity contribution < 1.29 is 24.2 Å². The van der Waals surface area contributed by atoms with Crippen LogP contribution in [0.5, 0.6) is 0 Å². The Balaban J connectivity index is 1.82. The number of ether oxygens (including phenoxy) is 1. The maximum atomic E-state index is 12.7. The quantitative estimate of drug-likeness (QED) is 0.830. The molecule has 0 spiro atoms. The Bertz CT molecular complexity index is 656. The van der Waals surface area contributed by atoms with Gasteiger partial charge in [0.15, 0.2) is 0 Å². The highest BCUT2D eigenvalue weighted by Crippen LogP contribution is 2.52. The Labute approximate surface area is 133 Å². The number of carboxylic acid groups (broad SMARTS) is 1. The molecule has 0 saturated heterocycles. The smallest absolute Gasteiger partial charge is 0.339 e. The third-order valence-electron chi connectivity index (χ3n) is 5.09. The molecule has 3 rings (SSSR count). The lowest BCUT2D eigenvalue weighted by Crippen LogP contribution is -2.38. The van der Waals surface area contributed by atoms with E-state index in [-0.39, 0.29) is 23.3 Å². The van der Waals surface area contributed by atoms with Gasteiger partial charge < -0.3 is 15.2 Å². The number of nitrogens with one attached hydrogen (secondary N) is 1. The number of carbonyl (C=O) groups excluding carboxylic acids is 2. The van der Waals surface area contributed by atoms with E-state index in [0.29, 0.717) is 5.69 Å². The fraction of sp³-hybridized carbons (Fsp3) is 0.471. The summed E-state index contributed by atoms with van der Waals surface area (Å²) in [7, 11) is 1.28. The van der Waals surface area contributed by atoms with Gasteiger partial charge in [0.1, 0.15) is 0 Å². The molecule has 4 atom stereocenters. The van der Waals surface area contributed by atoms with Gasteiger partial charge in [-0.3, -0.25) is 9.59 Å². The Morgan fingerprint density at radius 1 is 1.13 bits per heavy atom. The van der Waals surface area contributed by atoms with E-state index in [1.807, 2.05) is 0 Å². The summed E-state index contributed by atoms with van der Waals surface area (Å²) in [6.45, 7) is 0. The molecule has 2 saturated carbocycles. The van der Waals surface area contributed by atoms with Gasteiger partial charge in [-0.1, -0.05) is 12.1 Å². The molecule has 2 N–H and O–H groups in total. The van der Waals surface area contributed by atoms with E-state index >= 15 is 0 Å². The SMILES string of the molecule is COC(=O)c1ccccc1NC(=O)[C@@H]1[C@H]2CC[C@@H](C2)[C@H]1C(=O)O. The molecule has 2 aliphatic carbocycles. The second-order valence-electron chi connectivity index (χ2n) is 6.25. The lowest BCUT2D eigenvalue weighted by atomic mass is 9.78. The molecule has 0 unspecified atom stereocenters. The van der Waals surface area contributed by atoms with Crippen LogP contribution in [0.2, 0.25) is 0 Å². The van der Waals surface area contributed by atoms with Crippen molar-refractivity contribution in [2.24, 2.45) is 23.7 Å². The number of hydrogen-bond donors (Lipinski definition) is 2. The van der Waals surface area contributed by atoms with E-state index < -0.39 is 23.8 Å². The number of carbonyl (C=O) groups is 3. The summed E-state index contributed by atoms with van der Waals surface area (Å²) in [5.41, 5.74) is 0.620. The maximum absolute atomic E-state index is 12.7. The zero-order valence-electron chi connectivity index (χ0n) is 12.8. The van der Waals surface area contributed by atoms with Crippen LogP contribution in [0, 0.1) is 23.7 Å². The minimum absolute atomic E-state index is 0.0871. The summed E-state index contributed by atoms with van der Waals surface area (Å²) >= 11 is 0. The molecule has 6 nitrogen and oxygen atoms in total. The number of anilines is 1. The number of fused-ring (bicyclic) bond motifs is 2. The normalized spacial score (nSPS) is 28.4. The molecule has 2 fully saturated rings. The minimum atomic E-state index is -0.904. The standard InChI is InChI=1S/C17H19NO5/c1-23-17(22)11-4-2-3-5-12(11)18-15(19)13-9-6-7-10(8-9)14(13)16(20)21/h2-5,9-10,13-14H,6-8H2,1H3,(H,18,19)(H,20,21)/t9-,10-,13+,14+/m0/s1. The van der Waals surface area contributed by atoms with Crippen molar-refractivity contribution in [2.75, 3.05) is 12.4 Å². The summed E-state index contributed by atoms with van der Waals surface area (Å²) in [5.74, 6) is -2.71. The molecule has 1 amide bonds. The predicted molar refractivity (Wildman–Crippen MR) is 81.9 cm³/mol. The number of amides is 1. The van der Waals surface area contributed by atoms with Crippen LogP contribution in [0.4, 0.5) is 5.69 Å². The molecule has 122 valence electrons. The molecule has 1 aromatic rings. The molecular weight excluding hydrogens is 298 g/mol. The molecule has 0 aromatic heterocycles. The van der Waals surface area contributed by atoms with E-state index in [1.54, 1.807) is 24.3 Å². The molecule has 6 heteroatoms. The van der Waals surface area contributed by atoms with Crippen molar-refractivity contribution in [1.82, 2.24) is 0 Å². The molecule has 2 aliphatic rings. The van der Waals surface area contributed by atoms with Gasteiger partial charge in [-0.05, 0) is 43.2 Å². The van der Waals surface area contributed by atoms with Crippen molar-refractivity contribution in [3.63, 3.8) is 0 Å². The fourth-order valence-corrected chi connectivity index (χ4v) is 4.12. The summed E-state index contributed by atoms with van der Waals surface area (Å²) in [6, 6.07) is 6.57. The van der Waals surface area contributed by atoms with Gasteiger partial charge in [0.2, 0.25) is 5.91 Å². The van der Waals surface area contributed by atoms with Gasteiger partial charge in [-0.15, -0.1) is 0 Å². The molecule has 1 aromatic carbocycles. The van der Waals surface area contributed by atoms with Gasteiger partial charge in [-0.25, -0.2) is 4.79 Å². The van der Waals surface area contributed by atoms with Crippen molar-refractivity contribution >= 4 is 23.5 Å². The van der Waals surface area contributed by atoms with Gasteiger partial charge in [0, 0.05) is 0 Å². The Kier molecular flexibility index (Phi) is 4.07. The molecule has 2 bridgehead atoms. The van der Waals surface area contributed by atoms with Crippen molar-refractivity contribution in [3.8, 4) is 0 Å². The second kappa shape index (κ2) is 6.02. The number of methoxy groups -OCH3 is 1. The number of rotatable bonds is 4. The van der Waals surface area contributed by atoms with Crippen LogP contribution in [0.3, 0.4) is 0 Å². The highest BCUT2D eigenvalue weighted by atomic mass is 16.5. The summed E-state index contributed by atoms with van der Waals surface area (Å²) in [5, 5.41) is 12.2. The van der Waals surface area contributed by atoms with Crippen LogP contribution in [0.25, 0.3) is 0 Å². The number of para-hydroxylation sites is 1. The molecule has 0 radical (unpaired) electrons. The molecule has 23 heavy (non-hydrogen) atoms. The highest BCUT2D eigenvalue weighted by molar-refractivity contribution is 6.02. The van der Waals surface area contributed by atoms with Crippen LogP contribution >= 0.6 is 0 Å². The van der Waals surface area contributed by atoms with Gasteiger partial charge in [-0.2, -0.15) is 0 Å². The Hall–Kier alpha value is -2.37. The predicted octanol–water partition coefficient (Wildman–Crippen LogP) is 2.16. The average Bonchev–Trinajstić information content (AvgIpc) is 3.15. The van der Waals surface area contributed by atoms with Crippen molar-refractivity contribution in [2.45, 2.75) is 19.3 Å². The van der Waals surface area contributed by atoms with Crippen LogP contribution in [0.1, 0.15) is 29.6 Å². The van der Waals surface area contributed by atoms with Crippen LogP contribution in [0.15, 0.2) is 24.3 Å². The number of hydrogen-bond acceptors (Lipinski definition) is 4. The molecular formula is C17H19NO5. The lowest BCUT2D eigenvalue weighted by Gasteiger charge is -2.27. The first-order valence-electron chi connectivity index (χ1n) is 7.74. The Morgan fingerprint density at radius 2 is 1.78 bits per heavy atom.